The Kier molecular flexibility index (Phi) is 10.7. The first kappa shape index (κ1) is 47.1. The molecule has 0 amide bonds. The number of hydrogen-bond acceptors (Lipinski definition) is 2. The Morgan fingerprint density at radius 1 is 0.373 bits per heavy atom. The van der Waals surface area contributed by atoms with Crippen LogP contribution in [0.5, 0.6) is 0 Å². The third kappa shape index (κ3) is 8.09. The van der Waals surface area contributed by atoms with E-state index in [1.165, 1.54) is 113 Å². The van der Waals surface area contributed by atoms with Gasteiger partial charge in [-0.2, -0.15) is 0 Å². The zero-order chi connectivity index (χ0) is 48.8. The van der Waals surface area contributed by atoms with E-state index in [0.29, 0.717) is 0 Å². The Balaban J connectivity index is 1.42. The van der Waals surface area contributed by atoms with Crippen LogP contribution >= 0.6 is 0 Å². The summed E-state index contributed by atoms with van der Waals surface area (Å²) in [6.45, 7) is 45.1. The van der Waals surface area contributed by atoms with Gasteiger partial charge in [0, 0.05) is 34.0 Å². The molecule has 3 heteroatoms. The van der Waals surface area contributed by atoms with E-state index in [4.69, 9.17) is 0 Å². The molecule has 0 aromatic heterocycles. The van der Waals surface area contributed by atoms with E-state index >= 15 is 0 Å². The summed E-state index contributed by atoms with van der Waals surface area (Å²) in [6, 6.07) is 44.3. The van der Waals surface area contributed by atoms with Crippen LogP contribution in [0.15, 0.2) is 109 Å². The molecule has 0 N–H and O–H groups in total. The molecule has 0 saturated carbocycles. The van der Waals surface area contributed by atoms with E-state index in [9.17, 15) is 0 Å². The highest BCUT2D eigenvalue weighted by atomic mass is 15.2. The third-order valence-electron chi connectivity index (χ3n) is 15.9. The zero-order valence-electron chi connectivity index (χ0n) is 44.8. The SMILES string of the molecule is CC(C)(C)c1ccc(N2c3ccc(C(C)(C)C)cc3B3c4cc(C(C)(C)C)ccc4N(c4ccc(C(C)(C)C)cc4-c4ccc5c(c4)C(C)(C)CCC5(C)C)c4cc(C(C)(C)C)cc2c43)cc1. The second-order valence-electron chi connectivity index (χ2n) is 27.1. The quantitative estimate of drug-likeness (QED) is 0.163. The molecule has 0 unspecified atom stereocenters. The van der Waals surface area contributed by atoms with Crippen molar-refractivity contribution in [1.82, 2.24) is 0 Å². The average molecular weight is 887 g/mol. The zero-order valence-corrected chi connectivity index (χ0v) is 44.8. The molecule has 2 aliphatic heterocycles. The van der Waals surface area contributed by atoms with E-state index in [-0.39, 0.29) is 44.6 Å². The molecule has 1 aliphatic carbocycles. The maximum atomic E-state index is 2.68. The summed E-state index contributed by atoms with van der Waals surface area (Å²) in [6.07, 6.45) is 2.38. The highest BCUT2D eigenvalue weighted by Gasteiger charge is 2.46. The fourth-order valence-electron chi connectivity index (χ4n) is 11.2. The molecular weight excluding hydrogens is 808 g/mol. The topological polar surface area (TPSA) is 6.48 Å². The predicted octanol–water partition coefficient (Wildman–Crippen LogP) is 16.3. The standard InChI is InChI=1S/C64H79BN2/c1-58(2,3)41-21-26-46(27-22-41)66-53-30-24-43(60(7,8)9)36-50(53)65-51-37-44(61(10,11)12)25-31-54(51)67(56-39-45(62(13,14)15)38-55(66)57(56)65)52-29-23-42(59(4,5)6)35-47(52)40-20-28-48-49(34-40)64(18,19)33-32-63(48,16)17/h20-31,34-39H,32-33H2,1-19H3. The summed E-state index contributed by atoms with van der Waals surface area (Å²) < 4.78 is 0. The number of benzene rings is 6. The van der Waals surface area contributed by atoms with Gasteiger partial charge in [0.05, 0.1) is 5.69 Å². The fourth-order valence-corrected chi connectivity index (χ4v) is 11.2. The Labute approximate surface area is 406 Å². The lowest BCUT2D eigenvalue weighted by atomic mass is 9.33. The second-order valence-corrected chi connectivity index (χ2v) is 27.1. The van der Waals surface area contributed by atoms with Crippen LogP contribution in [0.4, 0.5) is 34.1 Å². The molecule has 0 radical (unpaired) electrons. The lowest BCUT2D eigenvalue weighted by molar-refractivity contribution is 0.332. The molecule has 0 fully saturated rings. The van der Waals surface area contributed by atoms with E-state index in [1.807, 2.05) is 0 Å². The van der Waals surface area contributed by atoms with Crippen molar-refractivity contribution in [3.8, 4) is 11.1 Å². The van der Waals surface area contributed by atoms with E-state index in [2.05, 4.69) is 251 Å². The number of anilines is 6. The molecule has 0 saturated heterocycles. The van der Waals surface area contributed by atoms with Gasteiger partial charge in [-0.15, -0.1) is 0 Å². The molecule has 6 aromatic carbocycles. The van der Waals surface area contributed by atoms with Gasteiger partial charge in [0.25, 0.3) is 6.71 Å². The lowest BCUT2D eigenvalue weighted by Gasteiger charge is -2.46. The first-order valence-corrected chi connectivity index (χ1v) is 25.3. The van der Waals surface area contributed by atoms with Gasteiger partial charge >= 0.3 is 0 Å². The summed E-state index contributed by atoms with van der Waals surface area (Å²) >= 11 is 0. The number of nitrogens with zero attached hydrogens (tertiary/aromatic N) is 2. The Morgan fingerprint density at radius 3 is 1.28 bits per heavy atom. The lowest BCUT2D eigenvalue weighted by Crippen LogP contribution is -2.62. The second kappa shape index (κ2) is 15.2. The van der Waals surface area contributed by atoms with Crippen molar-refractivity contribution in [1.29, 1.82) is 0 Å². The van der Waals surface area contributed by atoms with Gasteiger partial charge in [0.1, 0.15) is 0 Å². The highest BCUT2D eigenvalue weighted by molar-refractivity contribution is 7.00. The van der Waals surface area contributed by atoms with E-state index in [1.54, 1.807) is 0 Å². The number of fused-ring (bicyclic) bond motifs is 5. The monoisotopic (exact) mass is 887 g/mol. The predicted molar refractivity (Wildman–Crippen MR) is 295 cm³/mol. The van der Waals surface area contributed by atoms with Crippen molar-refractivity contribution >= 4 is 57.2 Å². The van der Waals surface area contributed by atoms with Gasteiger partial charge in [0.2, 0.25) is 0 Å². The smallest absolute Gasteiger partial charge is 0.252 e. The summed E-state index contributed by atoms with van der Waals surface area (Å²) in [5.41, 5.74) is 24.0. The van der Waals surface area contributed by atoms with Crippen molar-refractivity contribution in [3.05, 3.63) is 148 Å². The third-order valence-corrected chi connectivity index (χ3v) is 15.9. The minimum atomic E-state index is -0.114. The molecule has 0 atom stereocenters. The molecule has 0 bridgehead atoms. The Hall–Kier alpha value is -5.02. The minimum Gasteiger partial charge on any atom is -0.311 e. The maximum absolute atomic E-state index is 2.68. The molecule has 6 aromatic rings. The van der Waals surface area contributed by atoms with Crippen LogP contribution < -0.4 is 26.2 Å². The maximum Gasteiger partial charge on any atom is 0.252 e. The molecule has 0 spiro atoms. The van der Waals surface area contributed by atoms with Gasteiger partial charge in [0.15, 0.2) is 0 Å². The highest BCUT2D eigenvalue weighted by Crippen LogP contribution is 2.52. The summed E-state index contributed by atoms with van der Waals surface area (Å²) in [7, 11) is 0. The van der Waals surface area contributed by atoms with Crippen LogP contribution in [0.1, 0.15) is 183 Å². The minimum absolute atomic E-state index is 0.0213. The Bertz CT molecular complexity index is 2930. The molecular formula is C64H79BN2. The Morgan fingerprint density at radius 2 is 0.791 bits per heavy atom. The summed E-state index contributed by atoms with van der Waals surface area (Å²) in [4.78, 5) is 5.29. The van der Waals surface area contributed by atoms with Crippen LogP contribution in [-0.4, -0.2) is 6.71 Å². The average Bonchev–Trinajstić information content (AvgIpc) is 3.23. The van der Waals surface area contributed by atoms with Gasteiger partial charge in [-0.1, -0.05) is 192 Å². The van der Waals surface area contributed by atoms with Gasteiger partial charge in [-0.25, -0.2) is 0 Å². The van der Waals surface area contributed by atoms with Crippen LogP contribution in [0.25, 0.3) is 11.1 Å². The normalized spacial score (nSPS) is 16.6. The first-order chi connectivity index (χ1) is 30.9. The van der Waals surface area contributed by atoms with Crippen LogP contribution in [0.2, 0.25) is 0 Å². The van der Waals surface area contributed by atoms with Crippen molar-refractivity contribution in [2.75, 3.05) is 9.80 Å². The van der Waals surface area contributed by atoms with Gasteiger partial charge < -0.3 is 9.80 Å². The number of rotatable bonds is 3. The van der Waals surface area contributed by atoms with Crippen LogP contribution in [-0.2, 0) is 37.9 Å². The first-order valence-electron chi connectivity index (χ1n) is 25.3. The van der Waals surface area contributed by atoms with Crippen LogP contribution in [0.3, 0.4) is 0 Å². The summed E-state index contributed by atoms with van der Waals surface area (Å²) in [5.74, 6) is 0. The van der Waals surface area contributed by atoms with Gasteiger partial charge in [-0.3, -0.25) is 0 Å². The molecule has 2 heterocycles. The number of hydrogen-bond donors (Lipinski definition) is 0. The van der Waals surface area contributed by atoms with E-state index in [0.717, 1.165) is 0 Å². The molecule has 348 valence electrons. The molecule has 67 heavy (non-hydrogen) atoms. The van der Waals surface area contributed by atoms with E-state index < -0.39 is 0 Å². The molecule has 2 nitrogen and oxygen atoms in total. The van der Waals surface area contributed by atoms with Crippen molar-refractivity contribution in [3.63, 3.8) is 0 Å². The summed E-state index contributed by atoms with van der Waals surface area (Å²) in [5, 5.41) is 0. The molecule has 3 aliphatic rings. The fraction of sp³-hybridized carbons (Fsp3) is 0.438. The largest absolute Gasteiger partial charge is 0.311 e. The molecule has 9 rings (SSSR count). The van der Waals surface area contributed by atoms with Crippen molar-refractivity contribution in [2.45, 2.75) is 182 Å². The van der Waals surface area contributed by atoms with Crippen molar-refractivity contribution < 1.29 is 0 Å². The van der Waals surface area contributed by atoms with Crippen molar-refractivity contribution in [2.24, 2.45) is 0 Å². The van der Waals surface area contributed by atoms with Crippen LogP contribution in [0, 0.1) is 0 Å². The van der Waals surface area contributed by atoms with Gasteiger partial charge in [-0.05, 0) is 160 Å².